The molecule has 1 N–H and O–H groups in total. The quantitative estimate of drug-likeness (QED) is 0.356. The minimum absolute atomic E-state index is 0.0805. The average Bonchev–Trinajstić information content (AvgIpc) is 2.79. The standard InChI is InChI=1S/C24H32N2O7S/c1-6-8-13-32-20-12-10-18(14-21(20)31-7-2)24(28)33-16-23(27)25-19-11-9-17(3)22(15-19)34(29,30)26(4)5/h9-12,14-15H,6-8,13,16H2,1-5H3,(H,25,27). The highest BCUT2D eigenvalue weighted by atomic mass is 32.2. The molecular formula is C24H32N2O7S. The molecule has 0 aliphatic carbocycles. The molecule has 34 heavy (non-hydrogen) atoms. The molecule has 1 amide bonds. The molecule has 0 fully saturated rings. The second-order valence-corrected chi connectivity index (χ2v) is 9.81. The zero-order chi connectivity index (χ0) is 25.3. The number of anilines is 1. The summed E-state index contributed by atoms with van der Waals surface area (Å²) >= 11 is 0. The molecule has 2 rings (SSSR count). The molecule has 0 saturated carbocycles. The zero-order valence-corrected chi connectivity index (χ0v) is 21.0. The largest absolute Gasteiger partial charge is 0.490 e. The molecule has 0 aromatic heterocycles. The molecule has 0 heterocycles. The summed E-state index contributed by atoms with van der Waals surface area (Å²) in [4.78, 5) is 24.8. The van der Waals surface area contributed by atoms with Gasteiger partial charge in [0.25, 0.3) is 5.91 Å². The highest BCUT2D eigenvalue weighted by molar-refractivity contribution is 7.89. The number of nitrogens with zero attached hydrogens (tertiary/aromatic N) is 1. The van der Waals surface area contributed by atoms with E-state index in [4.69, 9.17) is 14.2 Å². The Morgan fingerprint density at radius 3 is 2.38 bits per heavy atom. The molecule has 0 atom stereocenters. The van der Waals surface area contributed by atoms with Crippen molar-refractivity contribution in [3.63, 3.8) is 0 Å². The van der Waals surface area contributed by atoms with E-state index in [9.17, 15) is 18.0 Å². The van der Waals surface area contributed by atoms with Crippen LogP contribution in [0.4, 0.5) is 5.69 Å². The Hall–Kier alpha value is -3.11. The van der Waals surface area contributed by atoms with Gasteiger partial charge in [0.1, 0.15) is 0 Å². The van der Waals surface area contributed by atoms with Gasteiger partial charge in [-0.05, 0) is 56.2 Å². The van der Waals surface area contributed by atoms with Gasteiger partial charge in [0.05, 0.1) is 23.7 Å². The summed E-state index contributed by atoms with van der Waals surface area (Å²) in [7, 11) is -0.811. The summed E-state index contributed by atoms with van der Waals surface area (Å²) in [5.74, 6) is -0.342. The highest BCUT2D eigenvalue weighted by Crippen LogP contribution is 2.29. The Balaban J connectivity index is 2.04. The van der Waals surface area contributed by atoms with Crippen LogP contribution in [-0.2, 0) is 19.6 Å². The van der Waals surface area contributed by atoms with Crippen LogP contribution in [0, 0.1) is 6.92 Å². The number of carbonyl (C=O) groups is 2. The lowest BCUT2D eigenvalue weighted by molar-refractivity contribution is -0.119. The van der Waals surface area contributed by atoms with Crippen molar-refractivity contribution in [3.8, 4) is 11.5 Å². The first-order valence-electron chi connectivity index (χ1n) is 11.0. The van der Waals surface area contributed by atoms with Crippen molar-refractivity contribution in [3.05, 3.63) is 47.5 Å². The predicted octanol–water partition coefficient (Wildman–Crippen LogP) is 3.62. The van der Waals surface area contributed by atoms with Crippen molar-refractivity contribution in [2.24, 2.45) is 0 Å². The number of hydrogen-bond donors (Lipinski definition) is 1. The van der Waals surface area contributed by atoms with Crippen molar-refractivity contribution >= 4 is 27.6 Å². The molecule has 186 valence electrons. The van der Waals surface area contributed by atoms with E-state index in [1.165, 1.54) is 26.2 Å². The van der Waals surface area contributed by atoms with Gasteiger partial charge in [0.2, 0.25) is 10.0 Å². The van der Waals surface area contributed by atoms with Gasteiger partial charge in [0, 0.05) is 19.8 Å². The molecule has 0 spiro atoms. The van der Waals surface area contributed by atoms with Crippen LogP contribution in [-0.4, -0.2) is 58.5 Å². The third-order valence-corrected chi connectivity index (χ3v) is 6.76. The van der Waals surface area contributed by atoms with Crippen LogP contribution >= 0.6 is 0 Å². The first-order chi connectivity index (χ1) is 16.1. The molecule has 0 saturated heterocycles. The Bertz CT molecular complexity index is 1110. The summed E-state index contributed by atoms with van der Waals surface area (Å²) < 4.78 is 42.4. The summed E-state index contributed by atoms with van der Waals surface area (Å²) in [6, 6.07) is 9.24. The number of unbranched alkanes of at least 4 members (excludes halogenated alkanes) is 1. The molecule has 0 aliphatic heterocycles. The van der Waals surface area contributed by atoms with E-state index in [1.54, 1.807) is 31.2 Å². The zero-order valence-electron chi connectivity index (χ0n) is 20.2. The van der Waals surface area contributed by atoms with Gasteiger partial charge in [-0.1, -0.05) is 19.4 Å². The fraction of sp³-hybridized carbons (Fsp3) is 0.417. The number of aryl methyl sites for hydroxylation is 1. The Morgan fingerprint density at radius 2 is 1.74 bits per heavy atom. The molecule has 10 heteroatoms. The van der Waals surface area contributed by atoms with Gasteiger partial charge in [-0.15, -0.1) is 0 Å². The first kappa shape index (κ1) is 27.1. The fourth-order valence-electron chi connectivity index (χ4n) is 2.91. The molecule has 2 aromatic carbocycles. The number of esters is 1. The summed E-state index contributed by atoms with van der Waals surface area (Å²) in [5, 5.41) is 2.55. The van der Waals surface area contributed by atoms with Crippen LogP contribution in [0.2, 0.25) is 0 Å². The Kier molecular flexibility index (Phi) is 9.88. The van der Waals surface area contributed by atoms with E-state index in [0.29, 0.717) is 30.3 Å². The van der Waals surface area contributed by atoms with Gasteiger partial charge in [-0.2, -0.15) is 0 Å². The number of ether oxygens (including phenoxy) is 3. The summed E-state index contributed by atoms with van der Waals surface area (Å²) in [5.41, 5.74) is 1.04. The van der Waals surface area contributed by atoms with E-state index in [2.05, 4.69) is 12.2 Å². The first-order valence-corrected chi connectivity index (χ1v) is 12.4. The van der Waals surface area contributed by atoms with Crippen molar-refractivity contribution in [2.45, 2.75) is 38.5 Å². The Morgan fingerprint density at radius 1 is 1.00 bits per heavy atom. The fourth-order valence-corrected chi connectivity index (χ4v) is 4.06. The van der Waals surface area contributed by atoms with E-state index in [0.717, 1.165) is 17.1 Å². The maximum Gasteiger partial charge on any atom is 0.338 e. The third kappa shape index (κ3) is 7.19. The van der Waals surface area contributed by atoms with E-state index >= 15 is 0 Å². The normalized spacial score (nSPS) is 11.2. The minimum Gasteiger partial charge on any atom is -0.490 e. The molecule has 9 nitrogen and oxygen atoms in total. The number of carbonyl (C=O) groups excluding carboxylic acids is 2. The minimum atomic E-state index is -3.67. The lowest BCUT2D eigenvalue weighted by atomic mass is 10.2. The van der Waals surface area contributed by atoms with Crippen molar-refractivity contribution in [2.75, 3.05) is 39.2 Å². The number of benzene rings is 2. The molecular weight excluding hydrogens is 460 g/mol. The Labute approximate surface area is 201 Å². The number of nitrogens with one attached hydrogen (secondary N) is 1. The smallest absolute Gasteiger partial charge is 0.338 e. The van der Waals surface area contributed by atoms with Gasteiger partial charge in [0.15, 0.2) is 18.1 Å². The van der Waals surface area contributed by atoms with Gasteiger partial charge in [-0.25, -0.2) is 17.5 Å². The number of hydrogen-bond acceptors (Lipinski definition) is 7. The topological polar surface area (TPSA) is 111 Å². The lowest BCUT2D eigenvalue weighted by Gasteiger charge is -2.15. The number of rotatable bonds is 12. The van der Waals surface area contributed by atoms with E-state index < -0.39 is 28.5 Å². The second-order valence-electron chi connectivity index (χ2n) is 7.69. The number of sulfonamides is 1. The predicted molar refractivity (Wildman–Crippen MR) is 129 cm³/mol. The van der Waals surface area contributed by atoms with Crippen molar-refractivity contribution < 1.29 is 32.2 Å². The van der Waals surface area contributed by atoms with Crippen LogP contribution < -0.4 is 14.8 Å². The van der Waals surface area contributed by atoms with Crippen LogP contribution in [0.15, 0.2) is 41.3 Å². The highest BCUT2D eigenvalue weighted by Gasteiger charge is 2.21. The van der Waals surface area contributed by atoms with Crippen LogP contribution in [0.3, 0.4) is 0 Å². The van der Waals surface area contributed by atoms with Crippen LogP contribution in [0.25, 0.3) is 0 Å². The second kappa shape index (κ2) is 12.4. The maximum atomic E-state index is 12.5. The summed E-state index contributed by atoms with van der Waals surface area (Å²) in [6.07, 6.45) is 1.89. The lowest BCUT2D eigenvalue weighted by Crippen LogP contribution is -2.24. The number of amides is 1. The molecule has 2 aromatic rings. The SMILES string of the molecule is CCCCOc1ccc(C(=O)OCC(=O)Nc2ccc(C)c(S(=O)(=O)N(C)C)c2)cc1OCC. The van der Waals surface area contributed by atoms with Crippen molar-refractivity contribution in [1.29, 1.82) is 0 Å². The maximum absolute atomic E-state index is 12.5. The van der Waals surface area contributed by atoms with Gasteiger partial charge >= 0.3 is 5.97 Å². The molecule has 0 unspecified atom stereocenters. The van der Waals surface area contributed by atoms with Crippen LogP contribution in [0.5, 0.6) is 11.5 Å². The molecule has 0 bridgehead atoms. The third-order valence-electron chi connectivity index (χ3n) is 4.80. The monoisotopic (exact) mass is 492 g/mol. The van der Waals surface area contributed by atoms with Gasteiger partial charge in [-0.3, -0.25) is 4.79 Å². The molecule has 0 aliphatic rings. The van der Waals surface area contributed by atoms with E-state index in [-0.39, 0.29) is 16.1 Å². The summed E-state index contributed by atoms with van der Waals surface area (Å²) in [6.45, 7) is 5.95. The van der Waals surface area contributed by atoms with Crippen molar-refractivity contribution in [1.82, 2.24) is 4.31 Å². The van der Waals surface area contributed by atoms with E-state index in [1.807, 2.05) is 6.92 Å². The average molecular weight is 493 g/mol. The van der Waals surface area contributed by atoms with Crippen LogP contribution in [0.1, 0.15) is 42.6 Å². The van der Waals surface area contributed by atoms with Gasteiger partial charge < -0.3 is 19.5 Å². The molecule has 0 radical (unpaired) electrons.